The molecule has 0 aromatic carbocycles. The molecular formula is C10H16O. The molecule has 2 saturated carbocycles. The van der Waals surface area contributed by atoms with Gasteiger partial charge in [-0.15, -0.1) is 0 Å². The Balaban J connectivity index is 2.26. The van der Waals surface area contributed by atoms with E-state index in [-0.39, 0.29) is 0 Å². The summed E-state index contributed by atoms with van der Waals surface area (Å²) in [6, 6.07) is 0. The molecule has 11 heavy (non-hydrogen) atoms. The van der Waals surface area contributed by atoms with Crippen molar-refractivity contribution in [1.29, 1.82) is 0 Å². The topological polar surface area (TPSA) is 17.1 Å². The number of hydrogen-bond acceptors (Lipinski definition) is 1. The molecule has 1 heteroatoms. The molecule has 2 aliphatic rings. The number of ketones is 1. The van der Waals surface area contributed by atoms with Crippen LogP contribution in [0.5, 0.6) is 0 Å². The molecule has 0 unspecified atom stereocenters. The highest BCUT2D eigenvalue weighted by Crippen LogP contribution is 2.72. The van der Waals surface area contributed by atoms with E-state index in [2.05, 4.69) is 20.8 Å². The zero-order valence-electron chi connectivity index (χ0n) is 7.61. The maximum absolute atomic E-state index is 11.3. The Kier molecular flexibility index (Phi) is 1.13. The standard InChI is InChI=1S/C10H16O/c1-7-4-8(11)5-9(2)6-10(7,9)3/h7H,4-6H2,1-3H3/t7-,9+,10+/m0/s1. The number of Topliss-reactive ketones (excluding diaryl/α,β-unsaturated/α-hetero) is 1. The van der Waals surface area contributed by atoms with Gasteiger partial charge in [0.15, 0.2) is 0 Å². The van der Waals surface area contributed by atoms with Crippen molar-refractivity contribution in [3.8, 4) is 0 Å². The van der Waals surface area contributed by atoms with Crippen LogP contribution in [-0.4, -0.2) is 5.78 Å². The first-order chi connectivity index (χ1) is 4.98. The smallest absolute Gasteiger partial charge is 0.133 e. The number of hydrogen-bond donors (Lipinski definition) is 0. The van der Waals surface area contributed by atoms with Crippen LogP contribution in [0.25, 0.3) is 0 Å². The Morgan fingerprint density at radius 3 is 2.64 bits per heavy atom. The zero-order valence-corrected chi connectivity index (χ0v) is 7.61. The monoisotopic (exact) mass is 152 g/mol. The second-order valence-electron chi connectivity index (χ2n) is 4.98. The van der Waals surface area contributed by atoms with Crippen LogP contribution in [0.3, 0.4) is 0 Å². The zero-order chi connectivity index (χ0) is 8.28. The molecule has 2 rings (SSSR count). The lowest BCUT2D eigenvalue weighted by Gasteiger charge is -2.29. The summed E-state index contributed by atoms with van der Waals surface area (Å²) >= 11 is 0. The minimum Gasteiger partial charge on any atom is -0.300 e. The van der Waals surface area contributed by atoms with E-state index in [0.717, 1.165) is 12.8 Å². The minimum absolute atomic E-state index is 0.377. The van der Waals surface area contributed by atoms with Gasteiger partial charge in [-0.05, 0) is 23.2 Å². The number of fused-ring (bicyclic) bond motifs is 1. The third kappa shape index (κ3) is 0.743. The fourth-order valence-electron chi connectivity index (χ4n) is 2.87. The molecule has 0 heterocycles. The summed E-state index contributed by atoms with van der Waals surface area (Å²) in [4.78, 5) is 11.3. The van der Waals surface area contributed by atoms with Crippen molar-refractivity contribution in [2.45, 2.75) is 40.0 Å². The first-order valence-corrected chi connectivity index (χ1v) is 4.50. The molecule has 2 aliphatic carbocycles. The highest BCUT2D eigenvalue weighted by molar-refractivity contribution is 5.81. The molecule has 0 amide bonds. The van der Waals surface area contributed by atoms with Crippen molar-refractivity contribution in [3.63, 3.8) is 0 Å². The van der Waals surface area contributed by atoms with E-state index >= 15 is 0 Å². The lowest BCUT2D eigenvalue weighted by Crippen LogP contribution is -2.27. The SMILES string of the molecule is C[C@H]1CC(=O)C[C@]2(C)C[C@]12C. The molecular weight excluding hydrogens is 136 g/mol. The second-order valence-corrected chi connectivity index (χ2v) is 4.98. The van der Waals surface area contributed by atoms with Crippen molar-refractivity contribution in [2.75, 3.05) is 0 Å². The lowest BCUT2D eigenvalue weighted by atomic mass is 9.74. The number of carbonyl (C=O) groups is 1. The van der Waals surface area contributed by atoms with Crippen LogP contribution in [0.4, 0.5) is 0 Å². The third-order valence-electron chi connectivity index (χ3n) is 4.22. The van der Waals surface area contributed by atoms with Crippen molar-refractivity contribution in [3.05, 3.63) is 0 Å². The van der Waals surface area contributed by atoms with Gasteiger partial charge in [0.05, 0.1) is 0 Å². The van der Waals surface area contributed by atoms with Crippen molar-refractivity contribution < 1.29 is 4.79 Å². The molecule has 2 fully saturated rings. The van der Waals surface area contributed by atoms with Crippen molar-refractivity contribution in [1.82, 2.24) is 0 Å². The molecule has 0 saturated heterocycles. The van der Waals surface area contributed by atoms with Gasteiger partial charge in [-0.3, -0.25) is 4.79 Å². The summed E-state index contributed by atoms with van der Waals surface area (Å²) in [6.45, 7) is 6.83. The predicted octanol–water partition coefficient (Wildman–Crippen LogP) is 2.40. The molecule has 62 valence electrons. The molecule has 0 N–H and O–H groups in total. The summed E-state index contributed by atoms with van der Waals surface area (Å²) in [5.41, 5.74) is 0.878. The maximum atomic E-state index is 11.3. The van der Waals surface area contributed by atoms with Crippen LogP contribution in [0.2, 0.25) is 0 Å². The van der Waals surface area contributed by atoms with Gasteiger partial charge in [0.25, 0.3) is 0 Å². The molecule has 0 radical (unpaired) electrons. The van der Waals surface area contributed by atoms with Crippen molar-refractivity contribution in [2.24, 2.45) is 16.7 Å². The van der Waals surface area contributed by atoms with Crippen LogP contribution < -0.4 is 0 Å². The van der Waals surface area contributed by atoms with Gasteiger partial charge >= 0.3 is 0 Å². The highest BCUT2D eigenvalue weighted by atomic mass is 16.1. The van der Waals surface area contributed by atoms with Crippen LogP contribution >= 0.6 is 0 Å². The van der Waals surface area contributed by atoms with E-state index in [1.165, 1.54) is 6.42 Å². The summed E-state index contributed by atoms with van der Waals surface area (Å²) in [5.74, 6) is 1.10. The summed E-state index contributed by atoms with van der Waals surface area (Å²) in [6.07, 6.45) is 2.94. The normalized spacial score (nSPS) is 55.5. The first-order valence-electron chi connectivity index (χ1n) is 4.50. The van der Waals surface area contributed by atoms with Crippen LogP contribution in [0.15, 0.2) is 0 Å². The van der Waals surface area contributed by atoms with Gasteiger partial charge in [-0.1, -0.05) is 20.8 Å². The lowest BCUT2D eigenvalue weighted by molar-refractivity contribution is -0.123. The van der Waals surface area contributed by atoms with Gasteiger partial charge in [0, 0.05) is 12.8 Å². The van der Waals surface area contributed by atoms with E-state index < -0.39 is 0 Å². The fourth-order valence-corrected chi connectivity index (χ4v) is 2.87. The number of rotatable bonds is 0. The first kappa shape index (κ1) is 7.33. The Morgan fingerprint density at radius 2 is 2.09 bits per heavy atom. The van der Waals surface area contributed by atoms with Crippen LogP contribution in [0, 0.1) is 16.7 Å². The molecule has 0 bridgehead atoms. The second kappa shape index (κ2) is 1.70. The van der Waals surface area contributed by atoms with Gasteiger partial charge in [-0.2, -0.15) is 0 Å². The highest BCUT2D eigenvalue weighted by Gasteiger charge is 2.65. The average Bonchev–Trinajstić information content (AvgIpc) is 2.34. The predicted molar refractivity (Wildman–Crippen MR) is 44.2 cm³/mol. The minimum atomic E-state index is 0.377. The van der Waals surface area contributed by atoms with Gasteiger partial charge in [0.1, 0.15) is 5.78 Å². The largest absolute Gasteiger partial charge is 0.300 e. The Morgan fingerprint density at radius 1 is 1.45 bits per heavy atom. The molecule has 3 atom stereocenters. The Hall–Kier alpha value is -0.330. The molecule has 0 aliphatic heterocycles. The van der Waals surface area contributed by atoms with Gasteiger partial charge in [0.2, 0.25) is 0 Å². The van der Waals surface area contributed by atoms with Crippen LogP contribution in [-0.2, 0) is 4.79 Å². The third-order valence-corrected chi connectivity index (χ3v) is 4.22. The molecule has 1 nitrogen and oxygen atoms in total. The Labute approximate surface area is 68.2 Å². The fraction of sp³-hybridized carbons (Fsp3) is 0.900. The average molecular weight is 152 g/mol. The van der Waals surface area contributed by atoms with Crippen molar-refractivity contribution >= 4 is 5.78 Å². The summed E-state index contributed by atoms with van der Waals surface area (Å²) in [5, 5.41) is 0. The molecule has 0 aromatic rings. The Bertz CT molecular complexity index is 221. The van der Waals surface area contributed by atoms with Crippen LogP contribution in [0.1, 0.15) is 40.0 Å². The summed E-state index contributed by atoms with van der Waals surface area (Å²) < 4.78 is 0. The van der Waals surface area contributed by atoms with Gasteiger partial charge < -0.3 is 0 Å². The van der Waals surface area contributed by atoms with E-state index in [4.69, 9.17) is 0 Å². The summed E-state index contributed by atoms with van der Waals surface area (Å²) in [7, 11) is 0. The van der Waals surface area contributed by atoms with E-state index in [1.807, 2.05) is 0 Å². The van der Waals surface area contributed by atoms with Gasteiger partial charge in [-0.25, -0.2) is 0 Å². The van der Waals surface area contributed by atoms with E-state index in [1.54, 1.807) is 0 Å². The van der Waals surface area contributed by atoms with E-state index in [0.29, 0.717) is 22.5 Å². The molecule has 0 aromatic heterocycles. The van der Waals surface area contributed by atoms with E-state index in [9.17, 15) is 4.79 Å². The maximum Gasteiger partial charge on any atom is 0.133 e. The quantitative estimate of drug-likeness (QED) is 0.521. The molecule has 0 spiro atoms. The number of carbonyl (C=O) groups excluding carboxylic acids is 1.